The molecule has 1 saturated heterocycles. The highest BCUT2D eigenvalue weighted by Crippen LogP contribution is 2.04. The molecule has 2 heterocycles. The summed E-state index contributed by atoms with van der Waals surface area (Å²) in [6.45, 7) is 2.34. The highest BCUT2D eigenvalue weighted by atomic mass is 32.2. The number of aromatic nitrogens is 3. The van der Waals surface area contributed by atoms with Gasteiger partial charge in [-0.1, -0.05) is 0 Å². The molecule has 14 heavy (non-hydrogen) atoms. The van der Waals surface area contributed by atoms with Gasteiger partial charge in [0.25, 0.3) is 0 Å². The SMILES string of the molecule is O=S(=O)(N1CCNCC1)n1cnnc1. The van der Waals surface area contributed by atoms with E-state index in [2.05, 4.69) is 15.5 Å². The molecule has 1 fully saturated rings. The molecule has 0 aromatic carbocycles. The summed E-state index contributed by atoms with van der Waals surface area (Å²) < 4.78 is 26.1. The number of piperazine rings is 1. The van der Waals surface area contributed by atoms with Gasteiger partial charge < -0.3 is 5.32 Å². The van der Waals surface area contributed by atoms with Crippen LogP contribution in [0.1, 0.15) is 0 Å². The number of hydrogen-bond donors (Lipinski definition) is 1. The number of nitrogens with zero attached hydrogens (tertiary/aromatic N) is 4. The quantitative estimate of drug-likeness (QED) is 0.637. The zero-order valence-corrected chi connectivity index (χ0v) is 8.31. The Balaban J connectivity index is 2.23. The van der Waals surface area contributed by atoms with Gasteiger partial charge in [-0.2, -0.15) is 12.7 Å². The van der Waals surface area contributed by atoms with Crippen LogP contribution in [0.4, 0.5) is 0 Å². The lowest BCUT2D eigenvalue weighted by Gasteiger charge is -2.26. The third kappa shape index (κ3) is 1.63. The van der Waals surface area contributed by atoms with Gasteiger partial charge in [0.2, 0.25) is 0 Å². The van der Waals surface area contributed by atoms with Gasteiger partial charge in [-0.3, -0.25) is 0 Å². The summed E-state index contributed by atoms with van der Waals surface area (Å²) in [5, 5.41) is 10.0. The van der Waals surface area contributed by atoms with Gasteiger partial charge in [0.05, 0.1) is 0 Å². The van der Waals surface area contributed by atoms with Crippen molar-refractivity contribution < 1.29 is 8.42 Å². The third-order valence-corrected chi connectivity index (χ3v) is 3.81. The fraction of sp³-hybridized carbons (Fsp3) is 0.667. The van der Waals surface area contributed by atoms with Crippen molar-refractivity contribution in [2.75, 3.05) is 26.2 Å². The van der Waals surface area contributed by atoms with E-state index < -0.39 is 10.2 Å². The zero-order valence-electron chi connectivity index (χ0n) is 7.50. The third-order valence-electron chi connectivity index (χ3n) is 2.07. The molecule has 1 aromatic rings. The van der Waals surface area contributed by atoms with Gasteiger partial charge in [-0.25, -0.2) is 3.97 Å². The summed E-state index contributed by atoms with van der Waals surface area (Å²) in [5.74, 6) is 0. The van der Waals surface area contributed by atoms with E-state index in [1.807, 2.05) is 0 Å². The lowest BCUT2D eigenvalue weighted by Crippen LogP contribution is -2.47. The molecule has 0 amide bonds. The lowest BCUT2D eigenvalue weighted by atomic mass is 10.4. The van der Waals surface area contributed by atoms with Crippen molar-refractivity contribution in [3.63, 3.8) is 0 Å². The molecule has 1 aliphatic rings. The first-order valence-corrected chi connectivity index (χ1v) is 5.67. The van der Waals surface area contributed by atoms with Crippen molar-refractivity contribution in [1.29, 1.82) is 0 Å². The number of nitrogens with one attached hydrogen (secondary N) is 1. The summed E-state index contributed by atoms with van der Waals surface area (Å²) in [4.78, 5) is 0. The Hall–Kier alpha value is -0.990. The highest BCUT2D eigenvalue weighted by molar-refractivity contribution is 7.87. The average molecular weight is 217 g/mol. The monoisotopic (exact) mass is 217 g/mol. The zero-order chi connectivity index (χ0) is 10.0. The van der Waals surface area contributed by atoms with Crippen molar-refractivity contribution in [2.24, 2.45) is 0 Å². The largest absolute Gasteiger partial charge is 0.314 e. The maximum Gasteiger partial charge on any atom is 0.310 e. The fourth-order valence-electron chi connectivity index (χ4n) is 1.32. The Bertz CT molecular complexity index is 380. The molecule has 78 valence electrons. The fourth-order valence-corrected chi connectivity index (χ4v) is 2.55. The molecule has 0 saturated carbocycles. The van der Waals surface area contributed by atoms with Crippen molar-refractivity contribution in [1.82, 2.24) is 23.8 Å². The van der Waals surface area contributed by atoms with Crippen LogP contribution in [0.25, 0.3) is 0 Å². The van der Waals surface area contributed by atoms with Gasteiger partial charge in [0.1, 0.15) is 12.7 Å². The Labute approximate surface area is 81.9 Å². The second kappa shape index (κ2) is 3.64. The summed E-state index contributed by atoms with van der Waals surface area (Å²) in [7, 11) is -3.43. The van der Waals surface area contributed by atoms with Crippen LogP contribution in [0, 0.1) is 0 Å². The Kier molecular flexibility index (Phi) is 2.48. The molecular formula is C6H11N5O2S. The van der Waals surface area contributed by atoms with E-state index in [1.54, 1.807) is 0 Å². The highest BCUT2D eigenvalue weighted by Gasteiger charge is 2.25. The molecule has 1 N–H and O–H groups in total. The van der Waals surface area contributed by atoms with E-state index in [-0.39, 0.29) is 0 Å². The van der Waals surface area contributed by atoms with Crippen molar-refractivity contribution in [3.8, 4) is 0 Å². The van der Waals surface area contributed by atoms with E-state index in [4.69, 9.17) is 0 Å². The first-order chi connectivity index (χ1) is 6.71. The molecule has 1 aromatic heterocycles. The van der Waals surface area contributed by atoms with E-state index in [9.17, 15) is 8.42 Å². The lowest BCUT2D eigenvalue weighted by molar-refractivity contribution is 0.356. The molecule has 0 radical (unpaired) electrons. The Morgan fingerprint density at radius 2 is 1.71 bits per heavy atom. The number of hydrogen-bond acceptors (Lipinski definition) is 5. The van der Waals surface area contributed by atoms with Gasteiger partial charge in [0, 0.05) is 26.2 Å². The predicted octanol–water partition coefficient (Wildman–Crippen LogP) is -1.72. The first-order valence-electron chi connectivity index (χ1n) is 4.27. The minimum absolute atomic E-state index is 0.487. The number of rotatable bonds is 2. The van der Waals surface area contributed by atoms with Crippen LogP contribution in [0.3, 0.4) is 0 Å². The van der Waals surface area contributed by atoms with E-state index in [0.717, 1.165) is 3.97 Å². The normalized spacial score (nSPS) is 19.7. The Morgan fingerprint density at radius 3 is 2.29 bits per heavy atom. The van der Waals surface area contributed by atoms with E-state index in [0.29, 0.717) is 26.2 Å². The molecule has 0 atom stereocenters. The molecule has 0 bridgehead atoms. The van der Waals surface area contributed by atoms with Crippen molar-refractivity contribution in [2.45, 2.75) is 0 Å². The summed E-state index contributed by atoms with van der Waals surface area (Å²) in [5.41, 5.74) is 0. The first kappa shape index (κ1) is 9.56. The van der Waals surface area contributed by atoms with Crippen molar-refractivity contribution >= 4 is 10.2 Å². The topological polar surface area (TPSA) is 80.1 Å². The molecule has 1 aliphatic heterocycles. The molecule has 2 rings (SSSR count). The maximum absolute atomic E-state index is 11.8. The van der Waals surface area contributed by atoms with E-state index in [1.165, 1.54) is 17.0 Å². The summed E-state index contributed by atoms with van der Waals surface area (Å²) >= 11 is 0. The van der Waals surface area contributed by atoms with Gasteiger partial charge >= 0.3 is 10.2 Å². The van der Waals surface area contributed by atoms with Crippen LogP contribution in [0.5, 0.6) is 0 Å². The maximum atomic E-state index is 11.8. The second-order valence-corrected chi connectivity index (χ2v) is 4.78. The molecule has 0 spiro atoms. The molecule has 0 unspecified atom stereocenters. The standard InChI is InChI=1S/C6H11N5O2S/c12-14(13,11-5-8-9-6-11)10-3-1-7-2-4-10/h5-7H,1-4H2. The van der Waals surface area contributed by atoms with Crippen LogP contribution in [-0.2, 0) is 10.2 Å². The van der Waals surface area contributed by atoms with Crippen LogP contribution in [0.2, 0.25) is 0 Å². The average Bonchev–Trinajstić information content (AvgIpc) is 2.72. The van der Waals surface area contributed by atoms with Crippen LogP contribution in [-0.4, -0.2) is 53.1 Å². The molecular weight excluding hydrogens is 206 g/mol. The van der Waals surface area contributed by atoms with Gasteiger partial charge in [-0.15, -0.1) is 10.2 Å². The minimum atomic E-state index is -3.43. The molecule has 0 aliphatic carbocycles. The van der Waals surface area contributed by atoms with E-state index >= 15 is 0 Å². The van der Waals surface area contributed by atoms with Crippen LogP contribution < -0.4 is 5.32 Å². The molecule has 7 nitrogen and oxygen atoms in total. The Morgan fingerprint density at radius 1 is 1.14 bits per heavy atom. The second-order valence-electron chi connectivity index (χ2n) is 2.95. The van der Waals surface area contributed by atoms with Crippen molar-refractivity contribution in [3.05, 3.63) is 12.7 Å². The minimum Gasteiger partial charge on any atom is -0.314 e. The van der Waals surface area contributed by atoms with Crippen LogP contribution in [0.15, 0.2) is 12.7 Å². The summed E-state index contributed by atoms with van der Waals surface area (Å²) in [6.07, 6.45) is 2.38. The van der Waals surface area contributed by atoms with Crippen LogP contribution >= 0.6 is 0 Å². The van der Waals surface area contributed by atoms with Gasteiger partial charge in [0.15, 0.2) is 0 Å². The molecule has 8 heteroatoms. The summed E-state index contributed by atoms with van der Waals surface area (Å²) in [6, 6.07) is 0. The smallest absolute Gasteiger partial charge is 0.310 e. The predicted molar refractivity (Wildman–Crippen MR) is 48.8 cm³/mol. The van der Waals surface area contributed by atoms with Gasteiger partial charge in [-0.05, 0) is 0 Å².